The molecule has 0 aliphatic heterocycles. The van der Waals surface area contributed by atoms with Gasteiger partial charge in [0.25, 0.3) is 5.97 Å². The van der Waals surface area contributed by atoms with Gasteiger partial charge < -0.3 is 14.6 Å². The second kappa shape index (κ2) is 21.7. The van der Waals surface area contributed by atoms with E-state index in [1.54, 1.807) is 6.92 Å². The highest BCUT2D eigenvalue weighted by molar-refractivity contribution is 6.63. The number of esters is 1. The lowest BCUT2D eigenvalue weighted by Gasteiger charge is -1.89. The fourth-order valence-electron chi connectivity index (χ4n) is 0.203. The number of hydrogen-bond donors (Lipinski definition) is 1. The number of carboxylic acids is 1. The van der Waals surface area contributed by atoms with Crippen molar-refractivity contribution in [1.29, 1.82) is 0 Å². The first-order valence-corrected chi connectivity index (χ1v) is 6.00. The highest BCUT2D eigenvalue weighted by atomic mass is 35.6. The summed E-state index contributed by atoms with van der Waals surface area (Å²) >= 11 is 14.4. The molecule has 0 aromatic heterocycles. The van der Waals surface area contributed by atoms with Crippen LogP contribution in [0.5, 0.6) is 0 Å². The van der Waals surface area contributed by atoms with Crippen LogP contribution >= 0.6 is 34.8 Å². The standard InChI is InChI=1S/C4H8O2.C3H6O.C2H4O2.CHCl3/c1-3-6-4(2)5;1-3(2)4;1-2(3)4;2-1(3)4/h3H2,1-2H3;1-2H3;1H3,(H,3,4);1H. The zero-order valence-electron chi connectivity index (χ0n) is 11.0. The number of carbonyl (C=O) groups excluding carboxylic acids is 2. The summed E-state index contributed by atoms with van der Waals surface area (Å²) in [7, 11) is 0. The quantitative estimate of drug-likeness (QED) is 0.591. The minimum absolute atomic E-state index is 0.167. The molecule has 0 bridgehead atoms. The highest BCUT2D eigenvalue weighted by Gasteiger charge is 1.81. The van der Waals surface area contributed by atoms with Gasteiger partial charge in [-0.15, -0.1) is 0 Å². The van der Waals surface area contributed by atoms with Crippen LogP contribution in [-0.4, -0.2) is 33.7 Å². The number of aliphatic carboxylic acids is 1. The molecule has 0 unspecified atom stereocenters. The van der Waals surface area contributed by atoms with Gasteiger partial charge in [-0.25, -0.2) is 0 Å². The summed E-state index contributed by atoms with van der Waals surface area (Å²) in [5.41, 5.74) is 0. The molecule has 1 N–H and O–H groups in total. The fraction of sp³-hybridized carbons (Fsp3) is 0.700. The van der Waals surface area contributed by atoms with Crippen molar-refractivity contribution < 1.29 is 24.2 Å². The van der Waals surface area contributed by atoms with E-state index in [0.717, 1.165) is 6.92 Å². The molecule has 0 aromatic carbocycles. The molecule has 0 rings (SSSR count). The van der Waals surface area contributed by atoms with E-state index < -0.39 is 10.3 Å². The molecule has 18 heavy (non-hydrogen) atoms. The largest absolute Gasteiger partial charge is 0.481 e. The minimum Gasteiger partial charge on any atom is -0.481 e. The number of alkyl halides is 3. The number of carbonyl (C=O) groups is 3. The number of rotatable bonds is 1. The van der Waals surface area contributed by atoms with E-state index in [-0.39, 0.29) is 11.8 Å². The van der Waals surface area contributed by atoms with Crippen LogP contribution in [0.4, 0.5) is 0 Å². The molecular formula is C10H19Cl3O5. The molecular weight excluding hydrogens is 306 g/mol. The molecule has 0 heterocycles. The number of Topliss-reactive ketones (excluding diaryl/α,β-unsaturated/α-hetero) is 1. The van der Waals surface area contributed by atoms with Crippen LogP contribution in [0.1, 0.15) is 34.6 Å². The molecule has 0 fully saturated rings. The first-order valence-electron chi connectivity index (χ1n) is 4.69. The lowest BCUT2D eigenvalue weighted by atomic mass is 10.6. The van der Waals surface area contributed by atoms with Crippen molar-refractivity contribution in [2.75, 3.05) is 6.61 Å². The van der Waals surface area contributed by atoms with Crippen LogP contribution < -0.4 is 0 Å². The third kappa shape index (κ3) is 528. The van der Waals surface area contributed by atoms with Gasteiger partial charge in [-0.2, -0.15) is 0 Å². The molecule has 0 atom stereocenters. The monoisotopic (exact) mass is 324 g/mol. The Bertz CT molecular complexity index is 197. The molecule has 0 saturated heterocycles. The van der Waals surface area contributed by atoms with Crippen LogP contribution in [0.2, 0.25) is 0 Å². The Balaban J connectivity index is -0.0000000742. The molecule has 0 aromatic rings. The molecule has 0 spiro atoms. The number of ether oxygens (including phenoxy) is 1. The molecule has 110 valence electrons. The fourth-order valence-corrected chi connectivity index (χ4v) is 0.203. The first-order chi connectivity index (χ1) is 7.97. The van der Waals surface area contributed by atoms with Crippen LogP contribution in [0.15, 0.2) is 0 Å². The molecule has 8 heteroatoms. The van der Waals surface area contributed by atoms with Crippen LogP contribution in [0, 0.1) is 0 Å². The van der Waals surface area contributed by atoms with Crippen molar-refractivity contribution in [1.82, 2.24) is 0 Å². The Morgan fingerprint density at radius 1 is 1.06 bits per heavy atom. The molecule has 0 saturated carbocycles. The van der Waals surface area contributed by atoms with Gasteiger partial charge in [-0.05, 0) is 20.8 Å². The third-order valence-corrected chi connectivity index (χ3v) is 0.348. The van der Waals surface area contributed by atoms with Gasteiger partial charge in [0.05, 0.1) is 6.61 Å². The van der Waals surface area contributed by atoms with Crippen molar-refractivity contribution in [3.8, 4) is 0 Å². The van der Waals surface area contributed by atoms with E-state index in [9.17, 15) is 9.59 Å². The average molecular weight is 326 g/mol. The van der Waals surface area contributed by atoms with Gasteiger partial charge in [-0.1, -0.05) is 34.8 Å². The van der Waals surface area contributed by atoms with E-state index in [0.29, 0.717) is 6.61 Å². The normalized spacial score (nSPS) is 7.39. The summed E-state index contributed by atoms with van der Waals surface area (Å²) in [6.45, 7) is 7.79. The molecule has 0 amide bonds. The highest BCUT2D eigenvalue weighted by Crippen LogP contribution is 2.03. The minimum atomic E-state index is -0.833. The molecule has 5 nitrogen and oxygen atoms in total. The average Bonchev–Trinajstić information content (AvgIpc) is 1.98. The van der Waals surface area contributed by atoms with E-state index in [4.69, 9.17) is 44.7 Å². The van der Waals surface area contributed by atoms with Crippen LogP contribution in [-0.2, 0) is 19.1 Å². The maximum atomic E-state index is 9.82. The van der Waals surface area contributed by atoms with Crippen molar-refractivity contribution in [3.05, 3.63) is 0 Å². The van der Waals surface area contributed by atoms with Gasteiger partial charge in [0.15, 0.2) is 4.30 Å². The Labute approximate surface area is 122 Å². The summed E-state index contributed by atoms with van der Waals surface area (Å²) in [5.74, 6) is -0.877. The SMILES string of the molecule is CC(=O)O.CC(C)=O.CCOC(C)=O.ClC(Cl)Cl. The van der Waals surface area contributed by atoms with Crippen LogP contribution in [0.25, 0.3) is 0 Å². The summed E-state index contributed by atoms with van der Waals surface area (Å²) in [5, 5.41) is 7.42. The van der Waals surface area contributed by atoms with Gasteiger partial charge in [0, 0.05) is 13.8 Å². The summed E-state index contributed by atoms with van der Waals surface area (Å²) in [6.07, 6.45) is 0. The second-order valence-corrected chi connectivity index (χ2v) is 4.58. The smallest absolute Gasteiger partial charge is 0.302 e. The molecule has 0 aliphatic rings. The Hall–Kier alpha value is -0.520. The maximum absolute atomic E-state index is 9.82. The van der Waals surface area contributed by atoms with E-state index in [1.807, 2.05) is 0 Å². The zero-order chi connectivity index (χ0) is 15.7. The van der Waals surface area contributed by atoms with E-state index in [1.165, 1.54) is 20.8 Å². The van der Waals surface area contributed by atoms with Gasteiger partial charge in [0.2, 0.25) is 0 Å². The third-order valence-electron chi connectivity index (χ3n) is 0.348. The zero-order valence-corrected chi connectivity index (χ0v) is 13.3. The number of carboxylic acid groups (broad SMARTS) is 1. The predicted molar refractivity (Wildman–Crippen MR) is 73.3 cm³/mol. The molecule has 0 radical (unpaired) electrons. The number of hydrogen-bond acceptors (Lipinski definition) is 4. The Morgan fingerprint density at radius 3 is 1.22 bits per heavy atom. The summed E-state index contributed by atoms with van der Waals surface area (Å²) < 4.78 is 3.65. The summed E-state index contributed by atoms with van der Waals surface area (Å²) in [4.78, 5) is 28.3. The van der Waals surface area contributed by atoms with Crippen molar-refractivity contribution >= 4 is 52.5 Å². The van der Waals surface area contributed by atoms with Gasteiger partial charge in [0.1, 0.15) is 5.78 Å². The second-order valence-electron chi connectivity index (χ2n) is 2.60. The topological polar surface area (TPSA) is 80.7 Å². The van der Waals surface area contributed by atoms with Crippen molar-refractivity contribution in [3.63, 3.8) is 0 Å². The lowest BCUT2D eigenvalue weighted by Crippen LogP contribution is -1.95. The van der Waals surface area contributed by atoms with Gasteiger partial charge in [-0.3, -0.25) is 9.59 Å². The number of halogens is 3. The van der Waals surface area contributed by atoms with Gasteiger partial charge >= 0.3 is 5.97 Å². The Morgan fingerprint density at radius 2 is 1.22 bits per heavy atom. The van der Waals surface area contributed by atoms with Crippen molar-refractivity contribution in [2.24, 2.45) is 0 Å². The maximum Gasteiger partial charge on any atom is 0.302 e. The number of ketones is 1. The Kier molecular flexibility index (Phi) is 31.5. The van der Waals surface area contributed by atoms with E-state index >= 15 is 0 Å². The van der Waals surface area contributed by atoms with Crippen LogP contribution in [0.3, 0.4) is 0 Å². The predicted octanol–water partition coefficient (Wildman–Crippen LogP) is 3.24. The van der Waals surface area contributed by atoms with E-state index in [2.05, 4.69) is 4.74 Å². The molecule has 0 aliphatic carbocycles. The summed E-state index contributed by atoms with van der Waals surface area (Å²) in [6, 6.07) is 0. The first kappa shape index (κ1) is 26.1. The lowest BCUT2D eigenvalue weighted by molar-refractivity contribution is -0.140. The van der Waals surface area contributed by atoms with Crippen molar-refractivity contribution in [2.45, 2.75) is 38.9 Å².